The third-order valence-electron chi connectivity index (χ3n) is 2.80. The third-order valence-corrected chi connectivity index (χ3v) is 2.80. The van der Waals surface area contributed by atoms with E-state index in [-0.39, 0.29) is 0 Å². The molecule has 0 N–H and O–H groups in total. The maximum atomic E-state index is 5.77. The lowest BCUT2D eigenvalue weighted by atomic mass is 9.91. The molecule has 1 heteroatoms. The highest BCUT2D eigenvalue weighted by Crippen LogP contribution is 2.21. The molecule has 2 aromatic carbocycles. The molecule has 0 nitrogen and oxygen atoms in total. The minimum atomic E-state index is 0.579. The normalized spacial score (nSPS) is 9.83. The van der Waals surface area contributed by atoms with E-state index in [0.29, 0.717) is 5.92 Å². The minimum absolute atomic E-state index is 0.579. The van der Waals surface area contributed by atoms with Crippen LogP contribution in [0.5, 0.6) is 0 Å². The smallest absolute Gasteiger partial charge is 0.0961 e. The fourth-order valence-corrected chi connectivity index (χ4v) is 1.78. The highest BCUT2D eigenvalue weighted by Gasteiger charge is 2.00. The molecule has 0 heterocycles. The summed E-state index contributed by atoms with van der Waals surface area (Å²) in [5, 5.41) is 0. The second kappa shape index (κ2) is 7.05. The summed E-state index contributed by atoms with van der Waals surface area (Å²) in [5.74, 6) is 0.579. The Kier molecular flexibility index (Phi) is 5.71. The van der Waals surface area contributed by atoms with Crippen LogP contribution in [0.25, 0.3) is 11.1 Å². The van der Waals surface area contributed by atoms with E-state index in [1.54, 1.807) is 0 Å². The molecule has 0 saturated heterocycles. The van der Waals surface area contributed by atoms with E-state index in [1.165, 1.54) is 16.7 Å². The van der Waals surface area contributed by atoms with E-state index in [2.05, 4.69) is 44.2 Å². The van der Waals surface area contributed by atoms with Gasteiger partial charge in [0.1, 0.15) is 7.85 Å². The first-order valence-corrected chi connectivity index (χ1v) is 6.62. The number of hydrogen-bond donors (Lipinski definition) is 0. The Hall–Kier alpha value is -1.50. The summed E-state index contributed by atoms with van der Waals surface area (Å²) in [5.41, 5.74) is 4.57. The van der Waals surface area contributed by atoms with Crippen molar-refractivity contribution < 1.29 is 0 Å². The van der Waals surface area contributed by atoms with Crippen LogP contribution in [-0.2, 0) is 0 Å². The highest BCUT2D eigenvalue weighted by molar-refractivity contribution is 6.32. The highest BCUT2D eigenvalue weighted by atomic mass is 14.0. The Bertz CT molecular complexity index is 469. The van der Waals surface area contributed by atoms with Gasteiger partial charge < -0.3 is 0 Å². The summed E-state index contributed by atoms with van der Waals surface area (Å²) < 4.78 is 0. The van der Waals surface area contributed by atoms with Gasteiger partial charge in [-0.3, -0.25) is 0 Å². The van der Waals surface area contributed by atoms with Gasteiger partial charge in [-0.15, -0.1) is 0 Å². The molecule has 2 radical (unpaired) electrons. The van der Waals surface area contributed by atoms with Crippen molar-refractivity contribution >= 4 is 13.3 Å². The molecule has 0 aliphatic heterocycles. The maximum Gasteiger partial charge on any atom is 0.113 e. The van der Waals surface area contributed by atoms with Gasteiger partial charge in [-0.05, 0) is 22.6 Å². The number of benzene rings is 2. The van der Waals surface area contributed by atoms with Gasteiger partial charge >= 0.3 is 0 Å². The lowest BCUT2D eigenvalue weighted by Gasteiger charge is -2.07. The minimum Gasteiger partial charge on any atom is -0.0961 e. The summed E-state index contributed by atoms with van der Waals surface area (Å²) in [7, 11) is 5.77. The van der Waals surface area contributed by atoms with Crippen molar-refractivity contribution in [2.75, 3.05) is 0 Å². The van der Waals surface area contributed by atoms with Crippen LogP contribution < -0.4 is 5.46 Å². The Morgan fingerprint density at radius 1 is 0.833 bits per heavy atom. The molecular formula is C17H21B. The van der Waals surface area contributed by atoms with Gasteiger partial charge in [0.15, 0.2) is 0 Å². The molecule has 0 saturated carbocycles. The van der Waals surface area contributed by atoms with E-state index in [9.17, 15) is 0 Å². The van der Waals surface area contributed by atoms with Crippen LogP contribution in [0.15, 0.2) is 48.5 Å². The molecule has 0 aliphatic rings. The fraction of sp³-hybridized carbons (Fsp3) is 0.294. The van der Waals surface area contributed by atoms with Crippen LogP contribution in [0.4, 0.5) is 0 Å². The fourth-order valence-electron chi connectivity index (χ4n) is 1.78. The van der Waals surface area contributed by atoms with E-state index >= 15 is 0 Å². The summed E-state index contributed by atoms with van der Waals surface area (Å²) >= 11 is 0. The SMILES string of the molecule is CC.[B]c1cccc(-c2ccc(C(C)C)cc2)c1. The molecule has 0 fully saturated rings. The van der Waals surface area contributed by atoms with Gasteiger partial charge in [0.05, 0.1) is 0 Å². The van der Waals surface area contributed by atoms with Gasteiger partial charge in [0.2, 0.25) is 0 Å². The van der Waals surface area contributed by atoms with Crippen molar-refractivity contribution in [1.29, 1.82) is 0 Å². The predicted octanol–water partition coefficient (Wildman–Crippen LogP) is 4.30. The maximum absolute atomic E-state index is 5.77. The van der Waals surface area contributed by atoms with Gasteiger partial charge in [-0.2, -0.15) is 0 Å². The second-order valence-electron chi connectivity index (χ2n) is 4.40. The first-order chi connectivity index (χ1) is 8.66. The molecule has 0 aromatic heterocycles. The van der Waals surface area contributed by atoms with Crippen molar-refractivity contribution in [3.8, 4) is 11.1 Å². The van der Waals surface area contributed by atoms with Crippen LogP contribution in [0.2, 0.25) is 0 Å². The van der Waals surface area contributed by atoms with E-state index in [4.69, 9.17) is 7.85 Å². The Labute approximate surface area is 112 Å². The molecule has 0 spiro atoms. The van der Waals surface area contributed by atoms with Crippen molar-refractivity contribution in [2.45, 2.75) is 33.6 Å². The molecule has 0 unspecified atom stereocenters. The van der Waals surface area contributed by atoms with Crippen LogP contribution in [0.3, 0.4) is 0 Å². The van der Waals surface area contributed by atoms with Gasteiger partial charge in [0.25, 0.3) is 0 Å². The van der Waals surface area contributed by atoms with E-state index in [0.717, 1.165) is 5.46 Å². The summed E-state index contributed by atoms with van der Waals surface area (Å²) in [6.45, 7) is 8.41. The molecule has 92 valence electrons. The second-order valence-corrected chi connectivity index (χ2v) is 4.40. The van der Waals surface area contributed by atoms with Crippen LogP contribution in [0, 0.1) is 0 Å². The quantitative estimate of drug-likeness (QED) is 0.682. The van der Waals surface area contributed by atoms with Crippen molar-refractivity contribution in [1.82, 2.24) is 0 Å². The Morgan fingerprint density at radius 2 is 1.44 bits per heavy atom. The summed E-state index contributed by atoms with van der Waals surface area (Å²) in [6, 6.07) is 16.7. The molecular weight excluding hydrogens is 215 g/mol. The average Bonchev–Trinajstić information content (AvgIpc) is 2.41. The molecule has 18 heavy (non-hydrogen) atoms. The lowest BCUT2D eigenvalue weighted by Crippen LogP contribution is -2.00. The molecule has 0 aliphatic carbocycles. The van der Waals surface area contributed by atoms with Crippen LogP contribution in [-0.4, -0.2) is 7.85 Å². The van der Waals surface area contributed by atoms with Gasteiger partial charge in [-0.25, -0.2) is 0 Å². The molecule has 0 amide bonds. The molecule has 0 atom stereocenters. The van der Waals surface area contributed by atoms with E-state index < -0.39 is 0 Å². The zero-order valence-corrected chi connectivity index (χ0v) is 11.8. The molecule has 2 aromatic rings. The number of hydrogen-bond acceptors (Lipinski definition) is 0. The van der Waals surface area contributed by atoms with E-state index in [1.807, 2.05) is 32.0 Å². The Morgan fingerprint density at radius 3 is 1.94 bits per heavy atom. The standard InChI is InChI=1S/C15H15B.C2H6/c1-11(2)12-6-8-13(9-7-12)14-4-3-5-15(16)10-14;1-2/h3-11H,1-2H3;1-2H3. The van der Waals surface area contributed by atoms with Crippen LogP contribution >= 0.6 is 0 Å². The molecule has 0 bridgehead atoms. The zero-order chi connectivity index (χ0) is 13.5. The lowest BCUT2D eigenvalue weighted by molar-refractivity contribution is 0.867. The zero-order valence-electron chi connectivity index (χ0n) is 11.8. The third kappa shape index (κ3) is 3.77. The first-order valence-electron chi connectivity index (χ1n) is 6.62. The van der Waals surface area contributed by atoms with Gasteiger partial charge in [-0.1, -0.05) is 81.7 Å². The van der Waals surface area contributed by atoms with Crippen molar-refractivity contribution in [2.24, 2.45) is 0 Å². The molecule has 2 rings (SSSR count). The van der Waals surface area contributed by atoms with Crippen LogP contribution in [0.1, 0.15) is 39.2 Å². The largest absolute Gasteiger partial charge is 0.113 e. The first kappa shape index (κ1) is 14.6. The van der Waals surface area contributed by atoms with Crippen molar-refractivity contribution in [3.05, 3.63) is 54.1 Å². The summed E-state index contributed by atoms with van der Waals surface area (Å²) in [4.78, 5) is 0. The average molecular weight is 236 g/mol. The number of rotatable bonds is 2. The monoisotopic (exact) mass is 236 g/mol. The predicted molar refractivity (Wildman–Crippen MR) is 82.7 cm³/mol. The topological polar surface area (TPSA) is 0 Å². The summed E-state index contributed by atoms with van der Waals surface area (Å²) in [6.07, 6.45) is 0. The van der Waals surface area contributed by atoms with Gasteiger partial charge in [0, 0.05) is 0 Å². The Balaban J connectivity index is 0.000000771. The van der Waals surface area contributed by atoms with Crippen molar-refractivity contribution in [3.63, 3.8) is 0 Å².